The fourth-order valence-electron chi connectivity index (χ4n) is 1.76. The van der Waals surface area contributed by atoms with E-state index in [9.17, 15) is 9.59 Å². The van der Waals surface area contributed by atoms with Gasteiger partial charge in [-0.15, -0.1) is 0 Å². The molecule has 1 aliphatic rings. The molecule has 2 heteroatoms. The van der Waals surface area contributed by atoms with Gasteiger partial charge in [-0.2, -0.15) is 0 Å². The lowest BCUT2D eigenvalue weighted by atomic mass is 9.70. The average molecular weight is 206 g/mol. The monoisotopic (exact) mass is 206 g/mol. The first-order valence-corrected chi connectivity index (χ1v) is 5.26. The summed E-state index contributed by atoms with van der Waals surface area (Å²) in [7, 11) is 0. The highest BCUT2D eigenvalue weighted by atomic mass is 16.1. The second-order valence-electron chi connectivity index (χ2n) is 4.94. The van der Waals surface area contributed by atoms with E-state index in [0.717, 1.165) is 0 Å². The van der Waals surface area contributed by atoms with Gasteiger partial charge in [0.2, 0.25) is 0 Å². The lowest BCUT2D eigenvalue weighted by Crippen LogP contribution is -2.30. The molecule has 0 aliphatic heterocycles. The van der Waals surface area contributed by atoms with E-state index in [-0.39, 0.29) is 17.0 Å². The lowest BCUT2D eigenvalue weighted by Gasteiger charge is -2.33. The Morgan fingerprint density at radius 1 is 1.07 bits per heavy atom. The number of hydrogen-bond donors (Lipinski definition) is 0. The lowest BCUT2D eigenvalue weighted by molar-refractivity contribution is -0.116. The minimum absolute atomic E-state index is 0.0224. The molecule has 0 radical (unpaired) electrons. The largest absolute Gasteiger partial charge is 0.290 e. The third kappa shape index (κ3) is 1.94. The van der Waals surface area contributed by atoms with Crippen molar-refractivity contribution < 1.29 is 9.59 Å². The SMILES string of the molecule is CC1=C(C(C)(C)C(C)C)C(=O)C=CC1=O. The molecule has 0 bridgehead atoms. The summed E-state index contributed by atoms with van der Waals surface area (Å²) in [4.78, 5) is 23.3. The summed E-state index contributed by atoms with van der Waals surface area (Å²) in [6.45, 7) is 9.90. The number of carbonyl (C=O) groups excluding carboxylic acids is 2. The van der Waals surface area contributed by atoms with E-state index >= 15 is 0 Å². The first-order valence-electron chi connectivity index (χ1n) is 5.26. The zero-order valence-corrected chi connectivity index (χ0v) is 10.0. The van der Waals surface area contributed by atoms with Crippen LogP contribution in [0.15, 0.2) is 23.3 Å². The molecule has 0 aromatic heterocycles. The van der Waals surface area contributed by atoms with Crippen LogP contribution in [-0.4, -0.2) is 11.6 Å². The van der Waals surface area contributed by atoms with Crippen molar-refractivity contribution >= 4 is 11.6 Å². The van der Waals surface area contributed by atoms with Crippen LogP contribution in [0.1, 0.15) is 34.6 Å². The minimum Gasteiger partial charge on any atom is -0.290 e. The average Bonchev–Trinajstić information content (AvgIpc) is 2.11. The van der Waals surface area contributed by atoms with Gasteiger partial charge in [0.25, 0.3) is 0 Å². The molecule has 0 saturated heterocycles. The van der Waals surface area contributed by atoms with Gasteiger partial charge in [-0.3, -0.25) is 9.59 Å². The van der Waals surface area contributed by atoms with Crippen LogP contribution in [0.5, 0.6) is 0 Å². The van der Waals surface area contributed by atoms with E-state index in [1.165, 1.54) is 12.2 Å². The topological polar surface area (TPSA) is 34.1 Å². The summed E-state index contributed by atoms with van der Waals surface area (Å²) in [6.07, 6.45) is 2.74. The highest BCUT2D eigenvalue weighted by Gasteiger charge is 2.34. The van der Waals surface area contributed by atoms with Gasteiger partial charge in [-0.1, -0.05) is 27.7 Å². The molecule has 0 heterocycles. The number of carbonyl (C=O) groups is 2. The standard InChI is InChI=1S/C13H18O2/c1-8(2)13(4,5)12-9(3)10(14)6-7-11(12)15/h6-8H,1-5H3. The van der Waals surface area contributed by atoms with Crippen molar-refractivity contribution in [2.75, 3.05) is 0 Å². The highest BCUT2D eigenvalue weighted by Crippen LogP contribution is 2.38. The van der Waals surface area contributed by atoms with Crippen LogP contribution in [0.3, 0.4) is 0 Å². The Labute approximate surface area is 91.1 Å². The predicted octanol–water partition coefficient (Wildman–Crippen LogP) is 2.69. The van der Waals surface area contributed by atoms with Crippen molar-refractivity contribution in [1.29, 1.82) is 0 Å². The minimum atomic E-state index is -0.248. The number of hydrogen-bond acceptors (Lipinski definition) is 2. The Balaban J connectivity index is 3.29. The molecule has 0 aromatic rings. The third-order valence-corrected chi connectivity index (χ3v) is 3.46. The first-order chi connectivity index (χ1) is 6.78. The van der Waals surface area contributed by atoms with Gasteiger partial charge in [0.1, 0.15) is 0 Å². The second kappa shape index (κ2) is 3.76. The Kier molecular flexibility index (Phi) is 2.98. The zero-order valence-electron chi connectivity index (χ0n) is 10.0. The number of ketones is 2. The van der Waals surface area contributed by atoms with Crippen LogP contribution >= 0.6 is 0 Å². The highest BCUT2D eigenvalue weighted by molar-refractivity contribution is 6.20. The van der Waals surface area contributed by atoms with Crippen LogP contribution in [0, 0.1) is 11.3 Å². The molecule has 82 valence electrons. The molecule has 0 spiro atoms. The normalized spacial score (nSPS) is 18.0. The molecule has 15 heavy (non-hydrogen) atoms. The van der Waals surface area contributed by atoms with Gasteiger partial charge in [0.15, 0.2) is 11.6 Å². The molecule has 1 rings (SSSR count). The molecule has 0 amide bonds. The van der Waals surface area contributed by atoms with E-state index < -0.39 is 0 Å². The molecule has 1 aliphatic carbocycles. The Morgan fingerprint density at radius 3 is 2.00 bits per heavy atom. The summed E-state index contributed by atoms with van der Waals surface area (Å²) in [5.41, 5.74) is 1.02. The Hall–Kier alpha value is -1.18. The zero-order chi connectivity index (χ0) is 11.8. The van der Waals surface area contributed by atoms with Gasteiger partial charge in [0, 0.05) is 11.1 Å². The maximum atomic E-state index is 11.8. The van der Waals surface area contributed by atoms with E-state index in [2.05, 4.69) is 13.8 Å². The van der Waals surface area contributed by atoms with E-state index in [1.807, 2.05) is 13.8 Å². The maximum Gasteiger partial charge on any atom is 0.182 e. The molecule has 0 saturated carbocycles. The summed E-state index contributed by atoms with van der Waals surface area (Å²) in [5.74, 6) is 0.259. The molecule has 0 N–H and O–H groups in total. The van der Waals surface area contributed by atoms with E-state index in [1.54, 1.807) is 6.92 Å². The molecule has 0 unspecified atom stereocenters. The molecule has 0 fully saturated rings. The van der Waals surface area contributed by atoms with Crippen molar-refractivity contribution in [1.82, 2.24) is 0 Å². The van der Waals surface area contributed by atoms with Crippen molar-refractivity contribution in [3.8, 4) is 0 Å². The van der Waals surface area contributed by atoms with Gasteiger partial charge in [-0.25, -0.2) is 0 Å². The summed E-state index contributed by atoms with van der Waals surface area (Å²) >= 11 is 0. The van der Waals surface area contributed by atoms with Crippen LogP contribution < -0.4 is 0 Å². The van der Waals surface area contributed by atoms with Gasteiger partial charge in [0.05, 0.1) is 0 Å². The fraction of sp³-hybridized carbons (Fsp3) is 0.538. The van der Waals surface area contributed by atoms with E-state index in [0.29, 0.717) is 17.1 Å². The van der Waals surface area contributed by atoms with Crippen molar-refractivity contribution in [2.24, 2.45) is 11.3 Å². The van der Waals surface area contributed by atoms with E-state index in [4.69, 9.17) is 0 Å². The molecule has 0 aromatic carbocycles. The summed E-state index contributed by atoms with van der Waals surface area (Å²) in [5, 5.41) is 0. The van der Waals surface area contributed by atoms with Crippen LogP contribution in [-0.2, 0) is 9.59 Å². The summed E-state index contributed by atoms with van der Waals surface area (Å²) in [6, 6.07) is 0. The van der Waals surface area contributed by atoms with Crippen molar-refractivity contribution in [3.05, 3.63) is 23.3 Å². The third-order valence-electron chi connectivity index (χ3n) is 3.46. The maximum absolute atomic E-state index is 11.8. The van der Waals surface area contributed by atoms with Gasteiger partial charge in [-0.05, 0) is 30.4 Å². The summed E-state index contributed by atoms with van der Waals surface area (Å²) < 4.78 is 0. The van der Waals surface area contributed by atoms with Crippen molar-refractivity contribution in [3.63, 3.8) is 0 Å². The number of rotatable bonds is 2. The molecule has 0 atom stereocenters. The Bertz CT molecular complexity index is 368. The van der Waals surface area contributed by atoms with Gasteiger partial charge < -0.3 is 0 Å². The van der Waals surface area contributed by atoms with Gasteiger partial charge >= 0.3 is 0 Å². The van der Waals surface area contributed by atoms with Crippen molar-refractivity contribution in [2.45, 2.75) is 34.6 Å². The smallest absolute Gasteiger partial charge is 0.182 e. The van der Waals surface area contributed by atoms with Crippen LogP contribution in [0.4, 0.5) is 0 Å². The quantitative estimate of drug-likeness (QED) is 0.651. The van der Waals surface area contributed by atoms with Crippen LogP contribution in [0.2, 0.25) is 0 Å². The Morgan fingerprint density at radius 2 is 1.53 bits per heavy atom. The molecular weight excluding hydrogens is 188 g/mol. The predicted molar refractivity (Wildman–Crippen MR) is 60.5 cm³/mol. The number of allylic oxidation sites excluding steroid dienone is 4. The van der Waals surface area contributed by atoms with Crippen LogP contribution in [0.25, 0.3) is 0 Å². The second-order valence-corrected chi connectivity index (χ2v) is 4.94. The molecular formula is C13H18O2. The fourth-order valence-corrected chi connectivity index (χ4v) is 1.76. The molecule has 2 nitrogen and oxygen atoms in total. The first kappa shape index (κ1) is 11.9.